The highest BCUT2D eigenvalue weighted by Gasteiger charge is 2.40. The highest BCUT2D eigenvalue weighted by Crippen LogP contribution is 2.43. The second-order valence-electron chi connectivity index (χ2n) is 6.28. The first-order valence-corrected chi connectivity index (χ1v) is 9.47. The molecule has 3 unspecified atom stereocenters. The molecule has 0 aromatic heterocycles. The van der Waals surface area contributed by atoms with Gasteiger partial charge in [-0.2, -0.15) is 0 Å². The van der Waals surface area contributed by atoms with E-state index in [0.717, 1.165) is 11.3 Å². The fraction of sp³-hybridized carbons (Fsp3) is 0.579. The van der Waals surface area contributed by atoms with E-state index >= 15 is 0 Å². The van der Waals surface area contributed by atoms with Crippen molar-refractivity contribution in [3.63, 3.8) is 0 Å². The Bertz CT molecular complexity index is 456. The van der Waals surface area contributed by atoms with Gasteiger partial charge >= 0.3 is 0 Å². The molecule has 3 atom stereocenters. The lowest BCUT2D eigenvalue weighted by atomic mass is 9.93. The molecule has 1 saturated carbocycles. The first-order valence-electron chi connectivity index (χ1n) is 8.53. The van der Waals surface area contributed by atoms with Gasteiger partial charge in [0.25, 0.3) is 0 Å². The van der Waals surface area contributed by atoms with Gasteiger partial charge in [0.2, 0.25) is 0 Å². The summed E-state index contributed by atoms with van der Waals surface area (Å²) in [7, 11) is 0. The highest BCUT2D eigenvalue weighted by atomic mass is 32.2. The third kappa shape index (κ3) is 3.73. The third-order valence-corrected chi connectivity index (χ3v) is 6.36. The molecule has 0 amide bonds. The van der Waals surface area contributed by atoms with E-state index in [1.165, 1.54) is 50.6 Å². The van der Waals surface area contributed by atoms with Crippen molar-refractivity contribution in [3.05, 3.63) is 42.0 Å². The van der Waals surface area contributed by atoms with Crippen molar-refractivity contribution in [2.24, 2.45) is 0 Å². The van der Waals surface area contributed by atoms with Crippen LogP contribution in [-0.2, 0) is 0 Å². The predicted octanol–water partition coefficient (Wildman–Crippen LogP) is 5.19. The molecule has 0 spiro atoms. The zero-order valence-electron chi connectivity index (χ0n) is 13.1. The zero-order chi connectivity index (χ0) is 14.5. The average molecular weight is 301 g/mol. The molecular weight excluding hydrogens is 274 g/mol. The molecule has 1 saturated heterocycles. The molecule has 1 aromatic rings. The minimum Gasteiger partial charge on any atom is -0.284 e. The van der Waals surface area contributed by atoms with Crippen LogP contribution in [0.15, 0.2) is 36.4 Å². The van der Waals surface area contributed by atoms with Gasteiger partial charge in [0.1, 0.15) is 0 Å². The van der Waals surface area contributed by atoms with Crippen molar-refractivity contribution < 1.29 is 0 Å². The summed E-state index contributed by atoms with van der Waals surface area (Å²) in [4.78, 5) is 2.79. The summed E-state index contributed by atoms with van der Waals surface area (Å²) in [6.07, 6.45) is 13.1. The van der Waals surface area contributed by atoms with Crippen LogP contribution in [-0.4, -0.2) is 28.1 Å². The molecule has 0 radical (unpaired) electrons. The minimum absolute atomic E-state index is 0.588. The molecule has 0 bridgehead atoms. The molecule has 0 N–H and O–H groups in total. The SMILES string of the molecule is CCCCN1C(/C=C/c2ccccc2)SC2CCCCC21. The Morgan fingerprint density at radius 3 is 2.81 bits per heavy atom. The van der Waals surface area contributed by atoms with E-state index in [0.29, 0.717) is 5.37 Å². The molecule has 1 aromatic carbocycles. The van der Waals surface area contributed by atoms with Crippen LogP contribution in [0.2, 0.25) is 0 Å². The summed E-state index contributed by atoms with van der Waals surface area (Å²) in [6.45, 7) is 3.57. The maximum atomic E-state index is 2.79. The van der Waals surface area contributed by atoms with E-state index in [9.17, 15) is 0 Å². The molecule has 2 fully saturated rings. The quantitative estimate of drug-likeness (QED) is 0.736. The van der Waals surface area contributed by atoms with Crippen LogP contribution < -0.4 is 0 Å². The van der Waals surface area contributed by atoms with Crippen LogP contribution in [0.3, 0.4) is 0 Å². The summed E-state index contributed by atoms with van der Waals surface area (Å²) in [5, 5.41) is 1.46. The van der Waals surface area contributed by atoms with Crippen molar-refractivity contribution in [1.82, 2.24) is 4.90 Å². The topological polar surface area (TPSA) is 3.24 Å². The number of benzene rings is 1. The number of nitrogens with zero attached hydrogens (tertiary/aromatic N) is 1. The number of fused-ring (bicyclic) bond motifs is 1. The maximum absolute atomic E-state index is 2.79. The Labute approximate surface area is 133 Å². The van der Waals surface area contributed by atoms with Gasteiger partial charge < -0.3 is 0 Å². The third-order valence-electron chi connectivity index (χ3n) is 4.76. The highest BCUT2D eigenvalue weighted by molar-refractivity contribution is 8.00. The Morgan fingerprint density at radius 1 is 1.19 bits per heavy atom. The minimum atomic E-state index is 0.588. The van der Waals surface area contributed by atoms with E-state index < -0.39 is 0 Å². The molecular formula is C19H27NS. The zero-order valence-corrected chi connectivity index (χ0v) is 13.9. The van der Waals surface area contributed by atoms with Gasteiger partial charge in [0.05, 0.1) is 5.37 Å². The summed E-state index contributed by atoms with van der Waals surface area (Å²) in [5.41, 5.74) is 1.32. The van der Waals surface area contributed by atoms with Crippen molar-refractivity contribution in [3.8, 4) is 0 Å². The van der Waals surface area contributed by atoms with Crippen LogP contribution in [0, 0.1) is 0 Å². The molecule has 3 rings (SSSR count). The monoisotopic (exact) mass is 301 g/mol. The number of rotatable bonds is 5. The van der Waals surface area contributed by atoms with Gasteiger partial charge in [-0.05, 0) is 31.4 Å². The Morgan fingerprint density at radius 2 is 2.00 bits per heavy atom. The van der Waals surface area contributed by atoms with E-state index in [2.05, 4.69) is 66.1 Å². The van der Waals surface area contributed by atoms with E-state index in [1.807, 2.05) is 0 Å². The Hall–Kier alpha value is -0.730. The van der Waals surface area contributed by atoms with Crippen molar-refractivity contribution in [2.45, 2.75) is 62.1 Å². The number of hydrogen-bond donors (Lipinski definition) is 0. The summed E-state index contributed by atoms with van der Waals surface area (Å²) < 4.78 is 0. The van der Waals surface area contributed by atoms with Crippen molar-refractivity contribution >= 4 is 17.8 Å². The lowest BCUT2D eigenvalue weighted by Crippen LogP contribution is -2.40. The first kappa shape index (κ1) is 15.2. The molecule has 1 nitrogen and oxygen atoms in total. The standard InChI is InChI=1S/C19H27NS/c1-2-3-15-20-17-11-7-8-12-18(17)21-19(20)14-13-16-9-5-4-6-10-16/h4-6,9-10,13-14,17-19H,2-3,7-8,11-12,15H2,1H3/b14-13+. The smallest absolute Gasteiger partial charge is 0.0753 e. The van der Waals surface area contributed by atoms with E-state index in [-0.39, 0.29) is 0 Å². The summed E-state index contributed by atoms with van der Waals surface area (Å²) in [6, 6.07) is 11.6. The fourth-order valence-electron chi connectivity index (χ4n) is 3.61. The van der Waals surface area contributed by atoms with Gasteiger partial charge in [0, 0.05) is 11.3 Å². The van der Waals surface area contributed by atoms with E-state index in [1.54, 1.807) is 0 Å². The second-order valence-corrected chi connectivity index (χ2v) is 7.64. The number of hydrogen-bond acceptors (Lipinski definition) is 2. The van der Waals surface area contributed by atoms with Gasteiger partial charge in [-0.25, -0.2) is 0 Å². The molecule has 1 aliphatic carbocycles. The molecule has 114 valence electrons. The lowest BCUT2D eigenvalue weighted by Gasteiger charge is -2.32. The van der Waals surface area contributed by atoms with Crippen LogP contribution in [0.25, 0.3) is 6.08 Å². The van der Waals surface area contributed by atoms with Crippen molar-refractivity contribution in [2.75, 3.05) is 6.54 Å². The lowest BCUT2D eigenvalue weighted by molar-refractivity contribution is 0.183. The molecule has 1 aliphatic heterocycles. The summed E-state index contributed by atoms with van der Waals surface area (Å²) >= 11 is 2.21. The summed E-state index contributed by atoms with van der Waals surface area (Å²) in [5.74, 6) is 0. The van der Waals surface area contributed by atoms with Gasteiger partial charge in [-0.3, -0.25) is 4.90 Å². The Kier molecular flexibility index (Phi) is 5.43. The van der Waals surface area contributed by atoms with E-state index in [4.69, 9.17) is 0 Å². The largest absolute Gasteiger partial charge is 0.284 e. The fourth-order valence-corrected chi connectivity index (χ4v) is 5.33. The number of unbranched alkanes of at least 4 members (excludes halogenated alkanes) is 1. The van der Waals surface area contributed by atoms with Gasteiger partial charge in [0.15, 0.2) is 0 Å². The predicted molar refractivity (Wildman–Crippen MR) is 94.5 cm³/mol. The van der Waals surface area contributed by atoms with Gasteiger partial charge in [-0.1, -0.05) is 68.7 Å². The Balaban J connectivity index is 1.71. The normalized spacial score (nSPS) is 29.9. The first-order chi connectivity index (χ1) is 10.4. The second kappa shape index (κ2) is 7.51. The van der Waals surface area contributed by atoms with Crippen molar-refractivity contribution in [1.29, 1.82) is 0 Å². The molecule has 1 heterocycles. The molecule has 2 heteroatoms. The van der Waals surface area contributed by atoms with Gasteiger partial charge in [-0.15, -0.1) is 11.8 Å². The average Bonchev–Trinajstić information content (AvgIpc) is 2.89. The van der Waals surface area contributed by atoms with Crippen LogP contribution in [0.5, 0.6) is 0 Å². The number of thioether (sulfide) groups is 1. The molecule has 21 heavy (non-hydrogen) atoms. The molecule has 2 aliphatic rings. The maximum Gasteiger partial charge on any atom is 0.0753 e. The van der Waals surface area contributed by atoms with Crippen LogP contribution >= 0.6 is 11.8 Å². The van der Waals surface area contributed by atoms with Crippen LogP contribution in [0.4, 0.5) is 0 Å². The van der Waals surface area contributed by atoms with Crippen LogP contribution in [0.1, 0.15) is 51.0 Å².